The number of ether oxygens (including phenoxy) is 2. The third kappa shape index (κ3) is 3.21. The predicted molar refractivity (Wildman–Crippen MR) is 126 cm³/mol. The molecule has 0 spiro atoms. The molecule has 4 aromatic rings. The van der Waals surface area contributed by atoms with Crippen molar-refractivity contribution in [1.82, 2.24) is 14.8 Å². The molecule has 33 heavy (non-hydrogen) atoms. The second-order valence-corrected chi connectivity index (χ2v) is 8.73. The Kier molecular flexibility index (Phi) is 4.69. The van der Waals surface area contributed by atoms with Crippen molar-refractivity contribution in [2.45, 2.75) is 12.1 Å². The van der Waals surface area contributed by atoms with Crippen LogP contribution in [0.1, 0.15) is 28.8 Å². The fourth-order valence-corrected chi connectivity index (χ4v) is 4.93. The van der Waals surface area contributed by atoms with Crippen molar-refractivity contribution in [2.24, 2.45) is 0 Å². The average molecular weight is 505 g/mol. The van der Waals surface area contributed by atoms with Crippen LogP contribution >= 0.6 is 15.9 Å². The summed E-state index contributed by atoms with van der Waals surface area (Å²) in [5, 5.41) is 7.95. The highest BCUT2D eigenvalue weighted by Crippen LogP contribution is 2.52. The Balaban J connectivity index is 1.65. The lowest BCUT2D eigenvalue weighted by Gasteiger charge is -2.39. The van der Waals surface area contributed by atoms with Crippen LogP contribution in [-0.2, 0) is 0 Å². The molecule has 2 atom stereocenters. The minimum absolute atomic E-state index is 0.295. The number of hydrogen-bond acceptors (Lipinski definition) is 5. The van der Waals surface area contributed by atoms with Crippen LogP contribution in [0.25, 0.3) is 5.70 Å². The molecular weight excluding hydrogens is 487 g/mol. The average Bonchev–Trinajstić information content (AvgIpc) is 3.31. The molecule has 6 nitrogen and oxygen atoms in total. The molecule has 2 aliphatic heterocycles. The van der Waals surface area contributed by atoms with Gasteiger partial charge in [0.15, 0.2) is 6.10 Å². The zero-order valence-electron chi connectivity index (χ0n) is 17.5. The summed E-state index contributed by atoms with van der Waals surface area (Å²) in [5.41, 5.74) is 4.51. The first-order valence-electron chi connectivity index (χ1n) is 10.4. The zero-order chi connectivity index (χ0) is 22.5. The molecule has 0 fully saturated rings. The molecule has 0 unspecified atom stereocenters. The van der Waals surface area contributed by atoms with Gasteiger partial charge in [0.25, 0.3) is 0 Å². The van der Waals surface area contributed by atoms with E-state index in [9.17, 15) is 4.39 Å². The number of nitrogens with one attached hydrogen (secondary N) is 1. The van der Waals surface area contributed by atoms with Gasteiger partial charge in [0, 0.05) is 21.2 Å². The molecular formula is C25H18BrFN4O2. The number of halogens is 2. The van der Waals surface area contributed by atoms with E-state index in [4.69, 9.17) is 9.47 Å². The number of hydrogen-bond donors (Lipinski definition) is 1. The fourth-order valence-electron chi connectivity index (χ4n) is 4.55. The lowest BCUT2D eigenvalue weighted by atomic mass is 9.84. The summed E-state index contributed by atoms with van der Waals surface area (Å²) in [5.74, 6) is 1.77. The van der Waals surface area contributed by atoms with Gasteiger partial charge in [0.2, 0.25) is 5.95 Å². The number of benzene rings is 3. The highest BCUT2D eigenvalue weighted by atomic mass is 79.9. The zero-order valence-corrected chi connectivity index (χ0v) is 19.1. The molecule has 2 aliphatic rings. The van der Waals surface area contributed by atoms with Crippen molar-refractivity contribution in [3.05, 3.63) is 106 Å². The van der Waals surface area contributed by atoms with Gasteiger partial charge in [-0.15, -0.1) is 0 Å². The Bertz CT molecular complexity index is 1400. The van der Waals surface area contributed by atoms with E-state index in [1.807, 2.05) is 42.5 Å². The van der Waals surface area contributed by atoms with E-state index in [1.54, 1.807) is 23.9 Å². The lowest BCUT2D eigenvalue weighted by molar-refractivity contribution is 0.217. The Morgan fingerprint density at radius 3 is 2.73 bits per heavy atom. The van der Waals surface area contributed by atoms with Gasteiger partial charge in [0.05, 0.1) is 12.8 Å². The molecule has 0 amide bonds. The van der Waals surface area contributed by atoms with E-state index >= 15 is 0 Å². The van der Waals surface area contributed by atoms with Crippen LogP contribution in [0.2, 0.25) is 0 Å². The van der Waals surface area contributed by atoms with Gasteiger partial charge in [-0.2, -0.15) is 10.1 Å². The molecule has 164 valence electrons. The molecule has 3 aromatic carbocycles. The summed E-state index contributed by atoms with van der Waals surface area (Å²) < 4.78 is 28.8. The van der Waals surface area contributed by atoms with Crippen LogP contribution in [0.4, 0.5) is 10.3 Å². The van der Waals surface area contributed by atoms with Crippen molar-refractivity contribution < 1.29 is 13.9 Å². The Hall–Kier alpha value is -3.65. The first-order valence-corrected chi connectivity index (χ1v) is 11.2. The topological polar surface area (TPSA) is 61.2 Å². The summed E-state index contributed by atoms with van der Waals surface area (Å²) in [6.45, 7) is 0. The number of methoxy groups -OCH3 is 1. The first kappa shape index (κ1) is 20.0. The molecule has 0 aliphatic carbocycles. The maximum atomic E-state index is 13.8. The highest BCUT2D eigenvalue weighted by molar-refractivity contribution is 9.10. The monoisotopic (exact) mass is 504 g/mol. The molecule has 1 N–H and O–H groups in total. The smallest absolute Gasteiger partial charge is 0.226 e. The quantitative estimate of drug-likeness (QED) is 0.385. The summed E-state index contributed by atoms with van der Waals surface area (Å²) >= 11 is 3.59. The van der Waals surface area contributed by atoms with E-state index in [1.165, 1.54) is 18.5 Å². The van der Waals surface area contributed by atoms with Crippen molar-refractivity contribution >= 4 is 27.6 Å². The summed E-state index contributed by atoms with van der Waals surface area (Å²) in [4.78, 5) is 4.42. The SMILES string of the molecule is COc1ccc(Br)cc1[C@H]1Oc2ccccc2C2=C1[C@H](c1ccc(F)cc1)n1ncnc1N2. The molecule has 6 rings (SSSR count). The molecule has 8 heteroatoms. The largest absolute Gasteiger partial charge is 0.496 e. The minimum Gasteiger partial charge on any atom is -0.496 e. The van der Waals surface area contributed by atoms with Crippen molar-refractivity contribution in [3.8, 4) is 11.5 Å². The van der Waals surface area contributed by atoms with Gasteiger partial charge in [-0.25, -0.2) is 9.07 Å². The minimum atomic E-state index is -0.484. The van der Waals surface area contributed by atoms with Crippen LogP contribution in [0.5, 0.6) is 11.5 Å². The molecule has 0 saturated carbocycles. The van der Waals surface area contributed by atoms with E-state index in [0.717, 1.165) is 38.2 Å². The van der Waals surface area contributed by atoms with Gasteiger partial charge in [-0.1, -0.05) is 40.2 Å². The molecule has 3 heterocycles. The molecule has 0 bridgehead atoms. The maximum Gasteiger partial charge on any atom is 0.226 e. The summed E-state index contributed by atoms with van der Waals surface area (Å²) in [6.07, 6.45) is 1.03. The Morgan fingerprint density at radius 2 is 1.91 bits per heavy atom. The van der Waals surface area contributed by atoms with Crippen LogP contribution in [0, 0.1) is 5.82 Å². The van der Waals surface area contributed by atoms with Crippen LogP contribution in [0.15, 0.2) is 83.1 Å². The number of para-hydroxylation sites is 1. The van der Waals surface area contributed by atoms with Gasteiger partial charge in [-0.05, 0) is 48.0 Å². The van der Waals surface area contributed by atoms with Crippen molar-refractivity contribution in [1.29, 1.82) is 0 Å². The first-order chi connectivity index (χ1) is 16.1. The van der Waals surface area contributed by atoms with E-state index in [-0.39, 0.29) is 11.9 Å². The Labute approximate surface area is 197 Å². The standard InChI is InChI=1S/C25H18BrFN4O2/c1-32-19-11-8-15(26)12-18(19)24-21-22(17-4-2-3-5-20(17)33-24)30-25-28-13-29-31(25)23(21)14-6-9-16(27)10-7-14/h2-13,23-24H,1H3,(H,28,29,30)/t23-,24+/m0/s1. The van der Waals surface area contributed by atoms with E-state index in [0.29, 0.717) is 11.7 Å². The van der Waals surface area contributed by atoms with Gasteiger partial charge in [-0.3, -0.25) is 0 Å². The van der Waals surface area contributed by atoms with Crippen LogP contribution in [-0.4, -0.2) is 21.9 Å². The molecule has 0 saturated heterocycles. The predicted octanol–water partition coefficient (Wildman–Crippen LogP) is 5.75. The summed E-state index contributed by atoms with van der Waals surface area (Å²) in [6, 6.07) is 19.8. The number of fused-ring (bicyclic) bond motifs is 3. The molecule has 0 radical (unpaired) electrons. The maximum absolute atomic E-state index is 13.8. The van der Waals surface area contributed by atoms with Gasteiger partial charge >= 0.3 is 0 Å². The van der Waals surface area contributed by atoms with Gasteiger partial charge < -0.3 is 14.8 Å². The number of aromatic nitrogens is 3. The summed E-state index contributed by atoms with van der Waals surface area (Å²) in [7, 11) is 1.64. The third-order valence-electron chi connectivity index (χ3n) is 5.98. The number of anilines is 1. The Morgan fingerprint density at radius 1 is 1.09 bits per heavy atom. The third-order valence-corrected chi connectivity index (χ3v) is 6.47. The van der Waals surface area contributed by atoms with Crippen LogP contribution in [0.3, 0.4) is 0 Å². The second kappa shape index (κ2) is 7.74. The lowest BCUT2D eigenvalue weighted by Crippen LogP contribution is -2.32. The number of rotatable bonds is 3. The highest BCUT2D eigenvalue weighted by Gasteiger charge is 2.41. The van der Waals surface area contributed by atoms with Crippen LogP contribution < -0.4 is 14.8 Å². The second-order valence-electron chi connectivity index (χ2n) is 7.82. The van der Waals surface area contributed by atoms with E-state index < -0.39 is 6.10 Å². The van der Waals surface area contributed by atoms with Gasteiger partial charge in [0.1, 0.15) is 29.7 Å². The molecule has 1 aromatic heterocycles. The van der Waals surface area contributed by atoms with Crippen molar-refractivity contribution in [3.63, 3.8) is 0 Å². The number of nitrogens with zero attached hydrogens (tertiary/aromatic N) is 3. The normalized spacial score (nSPS) is 18.5. The fraction of sp³-hybridized carbons (Fsp3) is 0.120. The van der Waals surface area contributed by atoms with Crippen molar-refractivity contribution in [2.75, 3.05) is 12.4 Å². The van der Waals surface area contributed by atoms with E-state index in [2.05, 4.69) is 31.3 Å².